The van der Waals surface area contributed by atoms with E-state index in [1.807, 2.05) is 18.2 Å². The predicted molar refractivity (Wildman–Crippen MR) is 89.4 cm³/mol. The second kappa shape index (κ2) is 5.02. The van der Waals surface area contributed by atoms with Gasteiger partial charge in [0.05, 0.1) is 23.0 Å². The molecule has 4 rings (SSSR count). The number of fused-ring (bicyclic) bond motifs is 3. The number of carboxylic acid groups (broad SMARTS) is 1. The molecule has 0 aliphatic carbocycles. The number of rotatable bonds is 2. The summed E-state index contributed by atoms with van der Waals surface area (Å²) >= 11 is 0. The van der Waals surface area contributed by atoms with Gasteiger partial charge >= 0.3 is 5.97 Å². The molecule has 1 aliphatic heterocycles. The molecule has 3 aromatic rings. The number of carboxylic acids is 1. The molecule has 23 heavy (non-hydrogen) atoms. The summed E-state index contributed by atoms with van der Waals surface area (Å²) in [5, 5.41) is 12.6. The number of aromatic nitrogens is 1. The van der Waals surface area contributed by atoms with Crippen LogP contribution in [-0.2, 0) is 0 Å². The van der Waals surface area contributed by atoms with Gasteiger partial charge in [-0.3, -0.25) is 0 Å². The molecule has 2 heterocycles. The lowest BCUT2D eigenvalue weighted by Gasteiger charge is -2.30. The van der Waals surface area contributed by atoms with E-state index in [4.69, 9.17) is 5.11 Å². The van der Waals surface area contributed by atoms with Crippen LogP contribution < -0.4 is 5.32 Å². The van der Waals surface area contributed by atoms with Gasteiger partial charge in [0.2, 0.25) is 0 Å². The van der Waals surface area contributed by atoms with E-state index in [1.54, 1.807) is 12.1 Å². The molecule has 0 fully saturated rings. The van der Waals surface area contributed by atoms with Gasteiger partial charge in [-0.15, -0.1) is 0 Å². The van der Waals surface area contributed by atoms with E-state index in [2.05, 4.69) is 47.3 Å². The minimum atomic E-state index is -0.905. The van der Waals surface area contributed by atoms with E-state index in [1.165, 1.54) is 5.56 Å². The summed E-state index contributed by atoms with van der Waals surface area (Å²) in [4.78, 5) is 11.0. The first kappa shape index (κ1) is 13.6. The molecule has 2 aromatic carbocycles. The first-order valence-corrected chi connectivity index (χ1v) is 7.51. The Labute approximate surface area is 134 Å². The lowest BCUT2D eigenvalue weighted by atomic mass is 9.99. The molecule has 0 bridgehead atoms. The van der Waals surface area contributed by atoms with Crippen molar-refractivity contribution >= 4 is 11.7 Å². The number of aryl methyl sites for hydroxylation is 1. The number of hydrogen-bond acceptors (Lipinski definition) is 2. The summed E-state index contributed by atoms with van der Waals surface area (Å²) in [6, 6.07) is 17.5. The largest absolute Gasteiger partial charge is 0.478 e. The molecule has 1 aromatic heterocycles. The van der Waals surface area contributed by atoms with Gasteiger partial charge in [-0.05, 0) is 54.4 Å². The quantitative estimate of drug-likeness (QED) is 0.752. The molecule has 114 valence electrons. The molecule has 1 atom stereocenters. The Morgan fingerprint density at radius 3 is 2.65 bits per heavy atom. The van der Waals surface area contributed by atoms with Gasteiger partial charge in [0.25, 0.3) is 0 Å². The van der Waals surface area contributed by atoms with Crippen molar-refractivity contribution in [2.75, 3.05) is 5.32 Å². The van der Waals surface area contributed by atoms with Crippen molar-refractivity contribution in [1.29, 1.82) is 0 Å². The number of carbonyl (C=O) groups is 1. The highest BCUT2D eigenvalue weighted by molar-refractivity contribution is 5.87. The van der Waals surface area contributed by atoms with E-state index in [9.17, 15) is 4.79 Å². The lowest BCUT2D eigenvalue weighted by molar-refractivity contribution is 0.0697. The van der Waals surface area contributed by atoms with E-state index in [-0.39, 0.29) is 6.04 Å². The zero-order chi connectivity index (χ0) is 16.0. The average Bonchev–Trinajstić information content (AvgIpc) is 3.03. The number of hydrogen-bond donors (Lipinski definition) is 2. The van der Waals surface area contributed by atoms with Gasteiger partial charge in [0.15, 0.2) is 0 Å². The summed E-state index contributed by atoms with van der Waals surface area (Å²) in [6.07, 6.45) is 2.06. The van der Waals surface area contributed by atoms with Crippen molar-refractivity contribution in [1.82, 2.24) is 4.57 Å². The van der Waals surface area contributed by atoms with Crippen LogP contribution in [0.2, 0.25) is 0 Å². The number of benzene rings is 2. The summed E-state index contributed by atoms with van der Waals surface area (Å²) in [5.74, 6) is -0.905. The third kappa shape index (κ3) is 2.19. The molecule has 0 saturated heterocycles. The van der Waals surface area contributed by atoms with Crippen molar-refractivity contribution < 1.29 is 9.90 Å². The van der Waals surface area contributed by atoms with Crippen molar-refractivity contribution in [2.24, 2.45) is 0 Å². The molecule has 4 nitrogen and oxygen atoms in total. The topological polar surface area (TPSA) is 54.3 Å². The molecule has 0 radical (unpaired) electrons. The van der Waals surface area contributed by atoms with Gasteiger partial charge in [-0.2, -0.15) is 0 Å². The predicted octanol–water partition coefficient (Wildman–Crippen LogP) is 4.00. The van der Waals surface area contributed by atoms with E-state index >= 15 is 0 Å². The zero-order valence-corrected chi connectivity index (χ0v) is 12.7. The summed E-state index contributed by atoms with van der Waals surface area (Å²) in [7, 11) is 0. The fourth-order valence-electron chi connectivity index (χ4n) is 3.13. The van der Waals surface area contributed by atoms with E-state index in [0.717, 1.165) is 22.6 Å². The highest BCUT2D eigenvalue weighted by atomic mass is 16.4. The number of aromatic carboxylic acids is 1. The Morgan fingerprint density at radius 2 is 1.91 bits per heavy atom. The van der Waals surface area contributed by atoms with Crippen LogP contribution in [0.3, 0.4) is 0 Å². The molecule has 0 unspecified atom stereocenters. The van der Waals surface area contributed by atoms with E-state index < -0.39 is 5.97 Å². The van der Waals surface area contributed by atoms with Crippen LogP contribution in [0.25, 0.3) is 5.69 Å². The SMILES string of the molecule is Cc1ccc2c(c1)N[C@H](c1ccc(C(=O)O)cc1)c1cccn1-2. The lowest BCUT2D eigenvalue weighted by Crippen LogP contribution is -2.22. The van der Waals surface area contributed by atoms with Crippen LogP contribution in [0.4, 0.5) is 5.69 Å². The highest BCUT2D eigenvalue weighted by Crippen LogP contribution is 2.37. The number of nitrogens with zero attached hydrogens (tertiary/aromatic N) is 1. The molecule has 0 spiro atoms. The Bertz CT molecular complexity index is 894. The van der Waals surface area contributed by atoms with E-state index in [0.29, 0.717) is 5.56 Å². The standard InChI is InChI=1S/C19H16N2O2/c1-12-4-9-16-15(11-12)20-18(17-3-2-10-21(16)17)13-5-7-14(8-6-13)19(22)23/h2-11,18,20H,1H3,(H,22,23)/t18-/m1/s1. The summed E-state index contributed by atoms with van der Waals surface area (Å²) in [6.45, 7) is 2.07. The van der Waals surface area contributed by atoms with Crippen molar-refractivity contribution in [3.63, 3.8) is 0 Å². The minimum absolute atomic E-state index is 0.00199. The Kier molecular flexibility index (Phi) is 2.98. The van der Waals surface area contributed by atoms with Gasteiger partial charge in [-0.1, -0.05) is 18.2 Å². The monoisotopic (exact) mass is 304 g/mol. The first-order chi connectivity index (χ1) is 11.1. The normalized spacial score (nSPS) is 15.4. The molecular formula is C19H16N2O2. The second-order valence-electron chi connectivity index (χ2n) is 5.83. The molecule has 4 heteroatoms. The zero-order valence-electron chi connectivity index (χ0n) is 12.7. The first-order valence-electron chi connectivity index (χ1n) is 7.51. The maximum Gasteiger partial charge on any atom is 0.335 e. The maximum atomic E-state index is 11.0. The van der Waals surface area contributed by atoms with Gasteiger partial charge in [0.1, 0.15) is 0 Å². The maximum absolute atomic E-state index is 11.0. The van der Waals surface area contributed by atoms with Gasteiger partial charge in [0, 0.05) is 11.9 Å². The molecule has 0 saturated carbocycles. The number of anilines is 1. The fraction of sp³-hybridized carbons (Fsp3) is 0.105. The third-order valence-corrected chi connectivity index (χ3v) is 4.28. The molecule has 1 aliphatic rings. The molecular weight excluding hydrogens is 288 g/mol. The Hall–Kier alpha value is -3.01. The van der Waals surface area contributed by atoms with Crippen LogP contribution in [0.1, 0.15) is 33.2 Å². The average molecular weight is 304 g/mol. The Morgan fingerprint density at radius 1 is 1.13 bits per heavy atom. The second-order valence-corrected chi connectivity index (χ2v) is 5.83. The molecule has 0 amide bonds. The highest BCUT2D eigenvalue weighted by Gasteiger charge is 2.25. The number of nitrogens with one attached hydrogen (secondary N) is 1. The van der Waals surface area contributed by atoms with Crippen LogP contribution >= 0.6 is 0 Å². The Balaban J connectivity index is 1.80. The smallest absolute Gasteiger partial charge is 0.335 e. The van der Waals surface area contributed by atoms with Crippen LogP contribution in [0.5, 0.6) is 0 Å². The summed E-state index contributed by atoms with van der Waals surface area (Å²) in [5.41, 5.74) is 5.91. The van der Waals surface area contributed by atoms with Crippen molar-refractivity contribution in [3.05, 3.63) is 83.2 Å². The minimum Gasteiger partial charge on any atom is -0.478 e. The molecule has 2 N–H and O–H groups in total. The fourth-order valence-corrected chi connectivity index (χ4v) is 3.13. The van der Waals surface area contributed by atoms with Crippen LogP contribution in [-0.4, -0.2) is 15.6 Å². The van der Waals surface area contributed by atoms with Crippen molar-refractivity contribution in [2.45, 2.75) is 13.0 Å². The third-order valence-electron chi connectivity index (χ3n) is 4.28. The van der Waals surface area contributed by atoms with Crippen LogP contribution in [0, 0.1) is 6.92 Å². The van der Waals surface area contributed by atoms with Crippen molar-refractivity contribution in [3.8, 4) is 5.69 Å². The van der Waals surface area contributed by atoms with Crippen LogP contribution in [0.15, 0.2) is 60.8 Å². The summed E-state index contributed by atoms with van der Waals surface area (Å²) < 4.78 is 2.18. The van der Waals surface area contributed by atoms with Gasteiger partial charge in [-0.25, -0.2) is 4.79 Å². The van der Waals surface area contributed by atoms with Gasteiger partial charge < -0.3 is 15.0 Å².